The molecule has 3 heterocycles. The highest BCUT2D eigenvalue weighted by molar-refractivity contribution is 7.18. The summed E-state index contributed by atoms with van der Waals surface area (Å²) in [5, 5.41) is 8.30. The van der Waals surface area contributed by atoms with Crippen LogP contribution in [0.3, 0.4) is 0 Å². The molecule has 130 valence electrons. The van der Waals surface area contributed by atoms with Crippen LogP contribution in [0.1, 0.15) is 37.2 Å². The van der Waals surface area contributed by atoms with Gasteiger partial charge in [-0.1, -0.05) is 19.1 Å². The second-order valence-corrected chi connectivity index (χ2v) is 7.30. The monoisotopic (exact) mass is 355 g/mol. The number of thiazole rings is 1. The molecule has 1 aliphatic heterocycles. The Morgan fingerprint density at radius 1 is 1.36 bits per heavy atom. The van der Waals surface area contributed by atoms with Crippen LogP contribution in [-0.2, 0) is 6.54 Å². The molecule has 1 saturated heterocycles. The topological polar surface area (TPSA) is 63.1 Å². The number of fused-ring (bicyclic) bond motifs is 1. The predicted molar refractivity (Wildman–Crippen MR) is 99.8 cm³/mol. The Labute approximate surface area is 150 Å². The molecule has 7 heteroatoms. The number of benzene rings is 1. The number of nitrogens with one attached hydrogen (secondary N) is 1. The van der Waals surface area contributed by atoms with E-state index in [9.17, 15) is 4.79 Å². The quantitative estimate of drug-likeness (QED) is 0.760. The lowest BCUT2D eigenvalue weighted by atomic mass is 10.2. The van der Waals surface area contributed by atoms with Crippen LogP contribution in [0.2, 0.25) is 0 Å². The number of aryl methyl sites for hydroxylation is 1. The van der Waals surface area contributed by atoms with Crippen molar-refractivity contribution in [2.75, 3.05) is 11.9 Å². The highest BCUT2D eigenvalue weighted by Gasteiger charge is 2.32. The maximum absolute atomic E-state index is 12.8. The lowest BCUT2D eigenvalue weighted by molar-refractivity contribution is 0.206. The van der Waals surface area contributed by atoms with Crippen LogP contribution in [0.25, 0.3) is 10.2 Å². The first-order chi connectivity index (χ1) is 12.3. The zero-order valence-electron chi connectivity index (χ0n) is 14.2. The molecule has 0 bridgehead atoms. The molecule has 0 unspecified atom stereocenters. The van der Waals surface area contributed by atoms with E-state index in [-0.39, 0.29) is 12.1 Å². The number of carbonyl (C=O) groups is 1. The van der Waals surface area contributed by atoms with Gasteiger partial charge in [0.05, 0.1) is 22.5 Å². The molecule has 0 spiro atoms. The number of likely N-dealkylation sites (tertiary alicyclic amines) is 1. The number of hydrogen-bond acceptors (Lipinski definition) is 4. The summed E-state index contributed by atoms with van der Waals surface area (Å²) in [6, 6.07) is 9.96. The molecule has 4 rings (SSSR count). The van der Waals surface area contributed by atoms with Crippen molar-refractivity contribution in [2.45, 2.75) is 38.8 Å². The summed E-state index contributed by atoms with van der Waals surface area (Å²) >= 11 is 1.68. The third-order valence-electron chi connectivity index (χ3n) is 4.50. The van der Waals surface area contributed by atoms with Gasteiger partial charge < -0.3 is 4.90 Å². The van der Waals surface area contributed by atoms with Crippen molar-refractivity contribution < 1.29 is 4.79 Å². The fraction of sp³-hybridized carbons (Fsp3) is 0.389. The summed E-state index contributed by atoms with van der Waals surface area (Å²) in [5.74, 6) is 0.752. The van der Waals surface area contributed by atoms with E-state index in [1.54, 1.807) is 17.5 Å². The largest absolute Gasteiger partial charge is 0.323 e. The Bertz CT molecular complexity index is 853. The fourth-order valence-corrected chi connectivity index (χ4v) is 4.42. The van der Waals surface area contributed by atoms with Gasteiger partial charge in [-0.3, -0.25) is 5.32 Å². The van der Waals surface area contributed by atoms with Crippen LogP contribution in [0.4, 0.5) is 10.6 Å². The molecule has 3 aromatic rings. The molecule has 1 aromatic carbocycles. The molecular formula is C18H21N5OS. The number of carbonyl (C=O) groups excluding carboxylic acids is 1. The first-order valence-electron chi connectivity index (χ1n) is 8.71. The van der Waals surface area contributed by atoms with E-state index in [2.05, 4.69) is 23.4 Å². The number of amides is 2. The molecule has 0 aliphatic carbocycles. The Kier molecular flexibility index (Phi) is 4.40. The van der Waals surface area contributed by atoms with Crippen molar-refractivity contribution >= 4 is 33.4 Å². The third-order valence-corrected chi connectivity index (χ3v) is 5.63. The number of rotatable bonds is 4. The maximum Gasteiger partial charge on any atom is 0.323 e. The van der Waals surface area contributed by atoms with E-state index in [4.69, 9.17) is 4.98 Å². The second-order valence-electron chi connectivity index (χ2n) is 6.24. The van der Waals surface area contributed by atoms with Gasteiger partial charge in [0.2, 0.25) is 0 Å². The van der Waals surface area contributed by atoms with Crippen LogP contribution in [0.15, 0.2) is 36.5 Å². The highest BCUT2D eigenvalue weighted by atomic mass is 32.1. The molecule has 1 atom stereocenters. The molecule has 1 fully saturated rings. The van der Waals surface area contributed by atoms with E-state index in [1.807, 2.05) is 33.8 Å². The van der Waals surface area contributed by atoms with Gasteiger partial charge in [-0.15, -0.1) is 11.3 Å². The summed E-state index contributed by atoms with van der Waals surface area (Å²) in [6.45, 7) is 3.65. The lowest BCUT2D eigenvalue weighted by Gasteiger charge is -2.23. The van der Waals surface area contributed by atoms with Gasteiger partial charge in [0.1, 0.15) is 10.8 Å². The molecule has 6 nitrogen and oxygen atoms in total. The van der Waals surface area contributed by atoms with Crippen molar-refractivity contribution in [1.29, 1.82) is 0 Å². The van der Waals surface area contributed by atoms with Gasteiger partial charge >= 0.3 is 6.03 Å². The highest BCUT2D eigenvalue weighted by Crippen LogP contribution is 2.36. The van der Waals surface area contributed by atoms with Gasteiger partial charge in [-0.2, -0.15) is 5.10 Å². The van der Waals surface area contributed by atoms with Crippen molar-refractivity contribution in [3.05, 3.63) is 41.5 Å². The number of hydrogen-bond donors (Lipinski definition) is 1. The molecule has 0 radical (unpaired) electrons. The van der Waals surface area contributed by atoms with Gasteiger partial charge in [-0.05, 0) is 31.4 Å². The number of anilines is 1. The van der Waals surface area contributed by atoms with Gasteiger partial charge in [0.25, 0.3) is 0 Å². The van der Waals surface area contributed by atoms with Crippen molar-refractivity contribution in [3.8, 4) is 0 Å². The first-order valence-corrected chi connectivity index (χ1v) is 9.53. The molecule has 2 aromatic heterocycles. The second kappa shape index (κ2) is 6.84. The van der Waals surface area contributed by atoms with E-state index < -0.39 is 0 Å². The third kappa shape index (κ3) is 3.11. The average Bonchev–Trinajstić information content (AvgIpc) is 3.34. The zero-order chi connectivity index (χ0) is 17.2. The lowest BCUT2D eigenvalue weighted by Crippen LogP contribution is -2.35. The van der Waals surface area contributed by atoms with Crippen molar-refractivity contribution in [1.82, 2.24) is 19.7 Å². The average molecular weight is 355 g/mol. The predicted octanol–water partition coefficient (Wildman–Crippen LogP) is 4.27. The molecule has 2 amide bonds. The van der Waals surface area contributed by atoms with Gasteiger partial charge in [-0.25, -0.2) is 14.5 Å². The molecule has 1 N–H and O–H groups in total. The van der Waals surface area contributed by atoms with Crippen LogP contribution in [-0.4, -0.2) is 32.2 Å². The fourth-order valence-electron chi connectivity index (χ4n) is 3.31. The minimum atomic E-state index is -0.0698. The minimum Gasteiger partial charge on any atom is -0.315 e. The van der Waals surface area contributed by atoms with Gasteiger partial charge in [0, 0.05) is 19.2 Å². The number of nitrogens with zero attached hydrogens (tertiary/aromatic N) is 4. The maximum atomic E-state index is 12.8. The van der Waals surface area contributed by atoms with E-state index in [0.717, 1.165) is 48.7 Å². The molecule has 1 aliphatic rings. The summed E-state index contributed by atoms with van der Waals surface area (Å²) in [6.07, 6.45) is 4.66. The Hall–Kier alpha value is -2.41. The summed E-state index contributed by atoms with van der Waals surface area (Å²) in [7, 11) is 0. The Balaban J connectivity index is 1.54. The van der Waals surface area contributed by atoms with Crippen molar-refractivity contribution in [3.63, 3.8) is 0 Å². The van der Waals surface area contributed by atoms with Gasteiger partial charge in [0.15, 0.2) is 0 Å². The standard InChI is InChI=1S/C18H21N5OS/c1-2-11-23-16(9-10-19-23)21-18(24)22-12-5-7-14(22)17-20-13-6-3-4-8-15(13)25-17/h3-4,6,8-10,14H,2,5,7,11-12H2,1H3,(H,21,24)/t14-/m0/s1. The number of aromatic nitrogens is 3. The first kappa shape index (κ1) is 16.1. The molecule has 25 heavy (non-hydrogen) atoms. The van der Waals surface area contributed by atoms with Crippen LogP contribution in [0.5, 0.6) is 0 Å². The van der Waals surface area contributed by atoms with Crippen LogP contribution >= 0.6 is 11.3 Å². The van der Waals surface area contributed by atoms with Crippen LogP contribution < -0.4 is 5.32 Å². The van der Waals surface area contributed by atoms with E-state index >= 15 is 0 Å². The zero-order valence-corrected chi connectivity index (χ0v) is 15.0. The SMILES string of the molecule is CCCn1nccc1NC(=O)N1CCC[C@H]1c1nc2ccccc2s1. The van der Waals surface area contributed by atoms with Crippen molar-refractivity contribution in [2.24, 2.45) is 0 Å². The number of urea groups is 1. The summed E-state index contributed by atoms with van der Waals surface area (Å²) in [4.78, 5) is 19.5. The summed E-state index contributed by atoms with van der Waals surface area (Å²) in [5.41, 5.74) is 1.01. The molecular weight excluding hydrogens is 334 g/mol. The summed E-state index contributed by atoms with van der Waals surface area (Å²) < 4.78 is 3.01. The minimum absolute atomic E-state index is 0.0555. The molecule has 0 saturated carbocycles. The van der Waals surface area contributed by atoms with Crippen LogP contribution in [0, 0.1) is 0 Å². The Morgan fingerprint density at radius 2 is 2.24 bits per heavy atom. The normalized spacial score (nSPS) is 17.3. The number of para-hydroxylation sites is 1. The Morgan fingerprint density at radius 3 is 3.08 bits per heavy atom. The smallest absolute Gasteiger partial charge is 0.315 e. The van der Waals surface area contributed by atoms with E-state index in [1.165, 1.54) is 4.70 Å². The van der Waals surface area contributed by atoms with E-state index in [0.29, 0.717) is 0 Å².